The molecule has 0 N–H and O–H groups in total. The third-order valence-electron chi connectivity index (χ3n) is 6.31. The maximum atomic E-state index is 13.6. The molecular weight excluding hydrogens is 396 g/mol. The van der Waals surface area contributed by atoms with E-state index >= 15 is 0 Å². The Kier molecular flexibility index (Phi) is 4.41. The van der Waals surface area contributed by atoms with Crippen LogP contribution in [0.1, 0.15) is 41.0 Å². The molecule has 6 nitrogen and oxygen atoms in total. The molecule has 154 valence electrons. The predicted molar refractivity (Wildman–Crippen MR) is 119 cm³/mol. The van der Waals surface area contributed by atoms with Gasteiger partial charge in [-0.05, 0) is 31.7 Å². The molecule has 0 saturated carbocycles. The minimum absolute atomic E-state index is 0.0851. The molecule has 2 aliphatic heterocycles. The van der Waals surface area contributed by atoms with E-state index in [1.807, 2.05) is 37.6 Å². The van der Waals surface area contributed by atoms with E-state index in [-0.39, 0.29) is 16.4 Å². The zero-order valence-electron chi connectivity index (χ0n) is 17.5. The average molecular weight is 422 g/mol. The summed E-state index contributed by atoms with van der Waals surface area (Å²) in [4.78, 5) is 33.1. The standard InChI is InChI=1S/C23H25N4O2S/c1-15-14-30-22(24-15)27(3)20-17-12-8-5-9-13-26(17)19(16-10-6-4-7-11-16)18(20)21(28)25(2)23(27)29/h4,6-7,10-11,14H,5,8-9,12-13H2,1-3H3/q+1. The van der Waals surface area contributed by atoms with E-state index in [0.29, 0.717) is 10.7 Å². The molecular formula is C23H25N4O2S+. The maximum absolute atomic E-state index is 13.6. The highest BCUT2D eigenvalue weighted by molar-refractivity contribution is 7.13. The van der Waals surface area contributed by atoms with Crippen LogP contribution in [0.25, 0.3) is 11.3 Å². The van der Waals surface area contributed by atoms with Gasteiger partial charge in [0.2, 0.25) is 0 Å². The molecule has 0 fully saturated rings. The van der Waals surface area contributed by atoms with Crippen molar-refractivity contribution < 1.29 is 9.59 Å². The number of aromatic nitrogens is 2. The van der Waals surface area contributed by atoms with Gasteiger partial charge in [0, 0.05) is 19.0 Å². The molecule has 1 aromatic carbocycles. The molecule has 4 heterocycles. The fourth-order valence-corrected chi connectivity index (χ4v) is 5.75. The Morgan fingerprint density at radius 1 is 1.10 bits per heavy atom. The summed E-state index contributed by atoms with van der Waals surface area (Å²) in [6.07, 6.45) is 4.13. The van der Waals surface area contributed by atoms with Gasteiger partial charge in [-0.15, -0.1) is 0 Å². The molecule has 2 aliphatic rings. The quantitative estimate of drug-likeness (QED) is 0.540. The minimum atomic E-state index is -0.251. The summed E-state index contributed by atoms with van der Waals surface area (Å²) in [5.41, 5.74) is 5.40. The number of nitrogens with zero attached hydrogens (tertiary/aromatic N) is 4. The van der Waals surface area contributed by atoms with E-state index in [1.165, 1.54) is 16.2 Å². The summed E-state index contributed by atoms with van der Waals surface area (Å²) < 4.78 is 2.21. The topological polar surface area (TPSA) is 55.2 Å². The first-order valence-electron chi connectivity index (χ1n) is 10.4. The van der Waals surface area contributed by atoms with Crippen molar-refractivity contribution in [2.45, 2.75) is 39.2 Å². The molecule has 0 aliphatic carbocycles. The molecule has 0 radical (unpaired) electrons. The van der Waals surface area contributed by atoms with Crippen molar-refractivity contribution in [3.63, 3.8) is 0 Å². The van der Waals surface area contributed by atoms with Gasteiger partial charge in [0.25, 0.3) is 5.91 Å². The van der Waals surface area contributed by atoms with Gasteiger partial charge in [0.1, 0.15) is 5.56 Å². The first-order valence-corrected chi connectivity index (χ1v) is 11.3. The fourth-order valence-electron chi connectivity index (χ4n) is 4.85. The Bertz CT molecular complexity index is 1160. The van der Waals surface area contributed by atoms with E-state index < -0.39 is 0 Å². The molecule has 5 rings (SSSR count). The van der Waals surface area contributed by atoms with Gasteiger partial charge in [-0.3, -0.25) is 4.79 Å². The second-order valence-electron chi connectivity index (χ2n) is 8.27. The Hall–Kier alpha value is -2.77. The SMILES string of the molecule is Cc1csc([N+]2(C)C(=O)N(C)C(=O)c3c2c2n(c3-c3ccccc3)CCCCC2)n1. The summed E-state index contributed by atoms with van der Waals surface area (Å²) in [6.45, 7) is 2.79. The van der Waals surface area contributed by atoms with Crippen LogP contribution >= 0.6 is 11.3 Å². The van der Waals surface area contributed by atoms with E-state index in [1.54, 1.807) is 7.05 Å². The molecule has 0 bridgehead atoms. The number of quaternary nitrogens is 1. The molecule has 2 aromatic heterocycles. The summed E-state index contributed by atoms with van der Waals surface area (Å²) in [7, 11) is 3.48. The number of urea groups is 1. The van der Waals surface area contributed by atoms with E-state index in [0.717, 1.165) is 60.6 Å². The average Bonchev–Trinajstić information content (AvgIpc) is 3.25. The van der Waals surface area contributed by atoms with Crippen LogP contribution in [-0.2, 0) is 13.0 Å². The number of hydrogen-bond donors (Lipinski definition) is 0. The highest BCUT2D eigenvalue weighted by atomic mass is 32.1. The molecule has 0 saturated heterocycles. The number of amides is 3. The van der Waals surface area contributed by atoms with Gasteiger partial charge in [-0.1, -0.05) is 48.1 Å². The number of imide groups is 1. The van der Waals surface area contributed by atoms with Crippen molar-refractivity contribution in [3.8, 4) is 11.3 Å². The molecule has 3 aromatic rings. The third-order valence-corrected chi connectivity index (χ3v) is 7.44. The highest BCUT2D eigenvalue weighted by Crippen LogP contribution is 2.50. The van der Waals surface area contributed by atoms with Crippen LogP contribution in [0.3, 0.4) is 0 Å². The number of carbonyl (C=O) groups excluding carboxylic acids is 2. The number of aryl methyl sites for hydroxylation is 1. The largest absolute Gasteiger partial charge is 0.437 e. The number of carbonyl (C=O) groups is 2. The normalized spacial score (nSPS) is 21.4. The third kappa shape index (κ3) is 2.55. The van der Waals surface area contributed by atoms with E-state index in [9.17, 15) is 9.59 Å². The van der Waals surface area contributed by atoms with Crippen LogP contribution in [0.15, 0.2) is 35.7 Å². The number of fused-ring (bicyclic) bond motifs is 3. The molecule has 30 heavy (non-hydrogen) atoms. The molecule has 7 heteroatoms. The van der Waals surface area contributed by atoms with Crippen LogP contribution in [0.2, 0.25) is 0 Å². The number of hydrogen-bond acceptors (Lipinski definition) is 4. The first kappa shape index (κ1) is 19.2. The van der Waals surface area contributed by atoms with Gasteiger partial charge in [-0.25, -0.2) is 9.69 Å². The summed E-state index contributed by atoms with van der Waals surface area (Å²) in [5.74, 6) is -0.224. The second-order valence-corrected chi connectivity index (χ2v) is 9.11. The van der Waals surface area contributed by atoms with Gasteiger partial charge < -0.3 is 4.57 Å². The van der Waals surface area contributed by atoms with Crippen molar-refractivity contribution in [2.24, 2.45) is 0 Å². The lowest BCUT2D eigenvalue weighted by Gasteiger charge is -2.35. The van der Waals surface area contributed by atoms with Gasteiger partial charge in [0.15, 0.2) is 5.69 Å². The van der Waals surface area contributed by atoms with E-state index in [4.69, 9.17) is 4.98 Å². The Morgan fingerprint density at radius 3 is 2.57 bits per heavy atom. The van der Waals surface area contributed by atoms with Crippen molar-refractivity contribution >= 4 is 34.1 Å². The minimum Gasteiger partial charge on any atom is -0.339 e. The monoisotopic (exact) mass is 421 g/mol. The van der Waals surface area contributed by atoms with Crippen LogP contribution in [0.4, 0.5) is 15.6 Å². The smallest absolute Gasteiger partial charge is 0.339 e. The lowest BCUT2D eigenvalue weighted by Crippen LogP contribution is -2.58. The number of benzene rings is 1. The Labute approximate surface area is 180 Å². The van der Waals surface area contributed by atoms with Gasteiger partial charge >= 0.3 is 11.2 Å². The van der Waals surface area contributed by atoms with Crippen molar-refractivity contribution in [1.82, 2.24) is 18.9 Å². The van der Waals surface area contributed by atoms with Gasteiger partial charge in [0.05, 0.1) is 24.1 Å². The Balaban J connectivity index is 1.90. The molecule has 0 spiro atoms. The Morgan fingerprint density at radius 2 is 1.87 bits per heavy atom. The van der Waals surface area contributed by atoms with Crippen LogP contribution in [-0.4, -0.2) is 40.5 Å². The highest BCUT2D eigenvalue weighted by Gasteiger charge is 2.55. The maximum Gasteiger partial charge on any atom is 0.437 e. The molecule has 1 unspecified atom stereocenters. The number of thiazole rings is 1. The molecule has 3 amide bonds. The van der Waals surface area contributed by atoms with Crippen molar-refractivity contribution in [1.29, 1.82) is 0 Å². The first-order chi connectivity index (χ1) is 14.4. The second kappa shape index (κ2) is 6.89. The van der Waals surface area contributed by atoms with E-state index in [2.05, 4.69) is 16.7 Å². The molecule has 1 atom stereocenters. The van der Waals surface area contributed by atoms with Crippen LogP contribution in [0, 0.1) is 6.92 Å². The van der Waals surface area contributed by atoms with Gasteiger partial charge in [-0.2, -0.15) is 9.47 Å². The lowest BCUT2D eigenvalue weighted by molar-refractivity contribution is 0.0798. The zero-order valence-corrected chi connectivity index (χ0v) is 18.3. The summed E-state index contributed by atoms with van der Waals surface area (Å²) >= 11 is 1.48. The van der Waals surface area contributed by atoms with Crippen LogP contribution in [0.5, 0.6) is 0 Å². The van der Waals surface area contributed by atoms with Crippen LogP contribution < -0.4 is 4.48 Å². The van der Waals surface area contributed by atoms with Crippen molar-refractivity contribution in [3.05, 3.63) is 52.7 Å². The lowest BCUT2D eigenvalue weighted by atomic mass is 10.0. The predicted octanol–water partition coefficient (Wildman–Crippen LogP) is 5.12. The summed E-state index contributed by atoms with van der Waals surface area (Å²) in [5, 5.41) is 2.67. The summed E-state index contributed by atoms with van der Waals surface area (Å²) in [6, 6.07) is 9.83. The van der Waals surface area contributed by atoms with Crippen molar-refractivity contribution in [2.75, 3.05) is 14.1 Å². The zero-order chi connectivity index (χ0) is 21.0. The number of rotatable bonds is 2. The fraction of sp³-hybridized carbons (Fsp3) is 0.348.